The Kier molecular flexibility index (Phi) is 7.85. The van der Waals surface area contributed by atoms with Gasteiger partial charge in [-0.3, -0.25) is 0 Å². The summed E-state index contributed by atoms with van der Waals surface area (Å²) in [5, 5.41) is 5.67. The molecule has 0 atom stereocenters. The molecule has 2 nitrogen and oxygen atoms in total. The Hall–Kier alpha value is -6.07. The summed E-state index contributed by atoms with van der Waals surface area (Å²) in [5.41, 5.74) is 12.5. The quantitative estimate of drug-likeness (QED) is 0.164. The van der Waals surface area contributed by atoms with Gasteiger partial charge in [0.15, 0.2) is 0 Å². The van der Waals surface area contributed by atoms with E-state index in [1.165, 1.54) is 86.9 Å². The standard InChI is InChI=1S/C54H44N2SSi/c1-53(2)41-23-11-15-27-45(41)55(46-28-16-12-24-42(46)53)37-31-33-51-49(35-37)57-50-36-38(56-47-29-17-13-25-43(47)54(3,4)44-26-14-18-30-48(44)56)32-34-52(50)58(51,39-19-7-5-8-20-39)40-21-9-6-10-22-40/h5-36H,1-4H3/q-1. The van der Waals surface area contributed by atoms with E-state index in [1.54, 1.807) is 0 Å². The Morgan fingerprint density at radius 1 is 0.362 bits per heavy atom. The van der Waals surface area contributed by atoms with Crippen LogP contribution in [0, 0.1) is 0 Å². The number of nitrogens with zero attached hydrogens (tertiary/aromatic N) is 2. The van der Waals surface area contributed by atoms with E-state index in [4.69, 9.17) is 0 Å². The van der Waals surface area contributed by atoms with Crippen LogP contribution in [0.1, 0.15) is 49.9 Å². The molecule has 0 saturated carbocycles. The summed E-state index contributed by atoms with van der Waals surface area (Å²) >= 11 is 1.94. The molecule has 0 saturated heterocycles. The summed E-state index contributed by atoms with van der Waals surface area (Å²) in [4.78, 5) is 7.64. The third-order valence-electron chi connectivity index (χ3n) is 13.2. The fraction of sp³-hybridized carbons (Fsp3) is 0.111. The second-order valence-corrected chi connectivity index (χ2v) is 21.8. The van der Waals surface area contributed by atoms with Gasteiger partial charge < -0.3 is 9.80 Å². The van der Waals surface area contributed by atoms with Crippen LogP contribution >= 0.6 is 11.8 Å². The zero-order valence-electron chi connectivity index (χ0n) is 33.3. The van der Waals surface area contributed by atoms with E-state index < -0.39 is 8.07 Å². The predicted molar refractivity (Wildman–Crippen MR) is 248 cm³/mol. The monoisotopic (exact) mass is 780 g/mol. The molecule has 11 rings (SSSR count). The van der Waals surface area contributed by atoms with Crippen molar-refractivity contribution >= 4 is 74.7 Å². The minimum atomic E-state index is -2.81. The van der Waals surface area contributed by atoms with Gasteiger partial charge in [0, 0.05) is 22.2 Å². The van der Waals surface area contributed by atoms with Crippen LogP contribution in [0.5, 0.6) is 0 Å². The van der Waals surface area contributed by atoms with Crippen molar-refractivity contribution in [3.05, 3.63) is 216 Å². The van der Waals surface area contributed by atoms with Crippen molar-refractivity contribution in [2.75, 3.05) is 9.80 Å². The summed E-state index contributed by atoms with van der Waals surface area (Å²) in [6.45, 7) is 9.44. The molecule has 0 unspecified atom stereocenters. The first-order valence-electron chi connectivity index (χ1n) is 20.4. The molecule has 281 valence electrons. The van der Waals surface area contributed by atoms with Crippen molar-refractivity contribution in [2.24, 2.45) is 0 Å². The van der Waals surface area contributed by atoms with Crippen molar-refractivity contribution in [1.82, 2.24) is 0 Å². The highest BCUT2D eigenvalue weighted by atomic mass is 32.2. The highest BCUT2D eigenvalue weighted by Crippen LogP contribution is 2.54. The molecule has 58 heavy (non-hydrogen) atoms. The Bertz CT molecular complexity index is 2600. The van der Waals surface area contributed by atoms with Crippen LogP contribution in [0.4, 0.5) is 34.1 Å². The van der Waals surface area contributed by atoms with E-state index in [-0.39, 0.29) is 10.8 Å². The van der Waals surface area contributed by atoms with Gasteiger partial charge in [-0.05, 0) is 88.6 Å². The summed E-state index contributed by atoms with van der Waals surface area (Å²) < 4.78 is 0. The largest absolute Gasteiger partial charge is 0.310 e. The average molecular weight is 781 g/mol. The number of para-hydroxylation sites is 4. The number of anilines is 6. The lowest BCUT2D eigenvalue weighted by atomic mass is 9.73. The highest BCUT2D eigenvalue weighted by Gasteiger charge is 2.40. The van der Waals surface area contributed by atoms with Gasteiger partial charge in [0.1, 0.15) is 0 Å². The summed E-state index contributed by atoms with van der Waals surface area (Å²) in [7, 11) is -2.81. The molecule has 8 aromatic rings. The fourth-order valence-electron chi connectivity index (χ4n) is 10.4. The second-order valence-electron chi connectivity index (χ2n) is 16.9. The molecule has 0 aromatic heterocycles. The molecule has 4 heteroatoms. The van der Waals surface area contributed by atoms with Crippen molar-refractivity contribution in [1.29, 1.82) is 0 Å². The highest BCUT2D eigenvalue weighted by molar-refractivity contribution is 8.00. The number of benzene rings is 8. The van der Waals surface area contributed by atoms with Crippen LogP contribution in [0.3, 0.4) is 0 Å². The Morgan fingerprint density at radius 2 is 0.672 bits per heavy atom. The van der Waals surface area contributed by atoms with E-state index >= 15 is 0 Å². The summed E-state index contributed by atoms with van der Waals surface area (Å²) in [6.07, 6.45) is 0. The molecule has 0 aliphatic carbocycles. The van der Waals surface area contributed by atoms with Gasteiger partial charge >= 0.3 is 0 Å². The topological polar surface area (TPSA) is 6.48 Å². The van der Waals surface area contributed by atoms with E-state index in [0.29, 0.717) is 0 Å². The smallest absolute Gasteiger partial charge is 0.0502 e. The molecule has 0 spiro atoms. The third kappa shape index (κ3) is 4.92. The number of hydrogen-bond donors (Lipinski definition) is 0. The van der Waals surface area contributed by atoms with Crippen molar-refractivity contribution in [2.45, 2.75) is 48.3 Å². The second kappa shape index (κ2) is 13.0. The number of fused-ring (bicyclic) bond motifs is 6. The molecule has 0 amide bonds. The minimum Gasteiger partial charge on any atom is -0.310 e. The van der Waals surface area contributed by atoms with E-state index in [1.807, 2.05) is 11.8 Å². The Balaban J connectivity index is 1.16. The molecule has 0 fully saturated rings. The molecule has 0 N–H and O–H groups in total. The zero-order valence-corrected chi connectivity index (χ0v) is 35.1. The average Bonchev–Trinajstić information content (AvgIpc) is 3.26. The maximum Gasteiger partial charge on any atom is 0.0502 e. The molecule has 8 aromatic carbocycles. The lowest BCUT2D eigenvalue weighted by molar-refractivity contribution is 0.631. The Morgan fingerprint density at radius 3 is 1.02 bits per heavy atom. The van der Waals surface area contributed by atoms with Crippen LogP contribution in [-0.2, 0) is 10.8 Å². The van der Waals surface area contributed by atoms with Gasteiger partial charge in [-0.25, -0.2) is 0 Å². The van der Waals surface area contributed by atoms with Gasteiger partial charge in [-0.2, -0.15) is 20.7 Å². The lowest BCUT2D eigenvalue weighted by Crippen LogP contribution is -2.76. The fourth-order valence-corrected chi connectivity index (χ4v) is 17.4. The van der Waals surface area contributed by atoms with Gasteiger partial charge in [0.25, 0.3) is 0 Å². The molecule has 3 aliphatic heterocycles. The van der Waals surface area contributed by atoms with E-state index in [2.05, 4.69) is 232 Å². The van der Waals surface area contributed by atoms with Crippen molar-refractivity contribution in [3.63, 3.8) is 0 Å². The third-order valence-corrected chi connectivity index (χ3v) is 19.5. The SMILES string of the molecule is CC1(C)c2ccccc2N(c2ccc3c(c2)Sc2cc(N4c5ccccc5C(C)(C)c5ccccc54)ccc2[Si-]3(c2ccccc2)c2ccccc2)c2ccccc21. The molecular weight excluding hydrogens is 737 g/mol. The summed E-state index contributed by atoms with van der Waals surface area (Å²) in [6, 6.07) is 73.3. The Labute approximate surface area is 347 Å². The first-order valence-corrected chi connectivity index (χ1v) is 23.2. The number of rotatable bonds is 4. The van der Waals surface area contributed by atoms with Gasteiger partial charge in [0.2, 0.25) is 0 Å². The van der Waals surface area contributed by atoms with E-state index in [9.17, 15) is 0 Å². The zero-order chi connectivity index (χ0) is 39.2. The maximum atomic E-state index is 2.50. The van der Waals surface area contributed by atoms with Crippen LogP contribution in [-0.4, -0.2) is 8.07 Å². The van der Waals surface area contributed by atoms with Crippen molar-refractivity contribution in [3.8, 4) is 0 Å². The minimum absolute atomic E-state index is 0.119. The molecule has 3 heterocycles. The molecular formula is C54H44N2SSi-. The molecule has 0 radical (unpaired) electrons. The van der Waals surface area contributed by atoms with Gasteiger partial charge in [-0.1, -0.05) is 185 Å². The van der Waals surface area contributed by atoms with Crippen LogP contribution in [0.25, 0.3) is 0 Å². The molecule has 3 aliphatic rings. The van der Waals surface area contributed by atoms with Crippen LogP contribution in [0.15, 0.2) is 204 Å². The van der Waals surface area contributed by atoms with Crippen molar-refractivity contribution < 1.29 is 0 Å². The normalized spacial score (nSPS) is 16.2. The number of hydrogen-bond acceptors (Lipinski definition) is 3. The molecule has 0 bridgehead atoms. The maximum absolute atomic E-state index is 2.81. The summed E-state index contributed by atoms with van der Waals surface area (Å²) in [5.74, 6) is 0. The lowest BCUT2D eigenvalue weighted by Gasteiger charge is -2.52. The predicted octanol–water partition coefficient (Wildman–Crippen LogP) is 11.7. The van der Waals surface area contributed by atoms with Gasteiger partial charge in [-0.15, -0.1) is 0 Å². The van der Waals surface area contributed by atoms with Gasteiger partial charge in [0.05, 0.1) is 22.7 Å². The first-order chi connectivity index (χ1) is 28.3. The van der Waals surface area contributed by atoms with Crippen LogP contribution < -0.4 is 30.5 Å². The van der Waals surface area contributed by atoms with E-state index in [0.717, 1.165) is 0 Å². The first kappa shape index (κ1) is 35.1. The van der Waals surface area contributed by atoms with Crippen LogP contribution in [0.2, 0.25) is 0 Å².